The number of aryl methyl sites for hydroxylation is 2. The Kier molecular flexibility index (Phi) is 5.46. The number of pyridine rings is 1. The summed E-state index contributed by atoms with van der Waals surface area (Å²) < 4.78 is 49.1. The average Bonchev–Trinajstić information content (AvgIpc) is 3.37. The van der Waals surface area contributed by atoms with Crippen LogP contribution in [0.15, 0.2) is 41.8 Å². The van der Waals surface area contributed by atoms with Gasteiger partial charge in [0.1, 0.15) is 23.5 Å². The quantitative estimate of drug-likeness (QED) is 0.620. The third-order valence-corrected chi connectivity index (χ3v) is 5.94. The molecular weight excluding hydrogens is 449 g/mol. The molecule has 0 bridgehead atoms. The van der Waals surface area contributed by atoms with Crippen LogP contribution in [-0.2, 0) is 11.8 Å². The molecule has 176 valence electrons. The molecule has 2 aromatic heterocycles. The SMILES string of the molecule is Cc1cnn(C)c1-c1cc(OC2CN(C(=O)C3=NNCC3c3cc(F)cc(F)c3)C2)c(F)cn1. The van der Waals surface area contributed by atoms with Gasteiger partial charge in [0.25, 0.3) is 5.91 Å². The highest BCUT2D eigenvalue weighted by molar-refractivity contribution is 6.41. The summed E-state index contributed by atoms with van der Waals surface area (Å²) in [6.45, 7) is 2.60. The van der Waals surface area contributed by atoms with Crippen LogP contribution < -0.4 is 10.2 Å². The zero-order valence-electron chi connectivity index (χ0n) is 18.4. The van der Waals surface area contributed by atoms with Gasteiger partial charge in [0.2, 0.25) is 0 Å². The van der Waals surface area contributed by atoms with E-state index in [0.717, 1.165) is 23.5 Å². The molecule has 2 aliphatic heterocycles. The number of amides is 1. The molecule has 1 saturated heterocycles. The van der Waals surface area contributed by atoms with Crippen LogP contribution in [0.1, 0.15) is 17.0 Å². The summed E-state index contributed by atoms with van der Waals surface area (Å²) in [4.78, 5) is 18.6. The zero-order valence-corrected chi connectivity index (χ0v) is 18.4. The second kappa shape index (κ2) is 8.47. The van der Waals surface area contributed by atoms with Gasteiger partial charge in [-0.25, -0.2) is 13.2 Å². The predicted octanol–water partition coefficient (Wildman–Crippen LogP) is 2.54. The molecule has 5 rings (SSSR count). The van der Waals surface area contributed by atoms with Crippen LogP contribution in [0, 0.1) is 24.4 Å². The van der Waals surface area contributed by atoms with Gasteiger partial charge in [-0.3, -0.25) is 14.5 Å². The van der Waals surface area contributed by atoms with Crippen molar-refractivity contribution in [2.75, 3.05) is 19.6 Å². The maximum atomic E-state index is 14.4. The molecule has 1 atom stereocenters. The Morgan fingerprint density at radius 3 is 2.53 bits per heavy atom. The summed E-state index contributed by atoms with van der Waals surface area (Å²) in [6.07, 6.45) is 2.38. The Balaban J connectivity index is 1.25. The summed E-state index contributed by atoms with van der Waals surface area (Å²) in [6, 6.07) is 4.68. The first-order valence-corrected chi connectivity index (χ1v) is 10.7. The Bertz CT molecular complexity index is 1260. The highest BCUT2D eigenvalue weighted by atomic mass is 19.1. The number of hydrogen-bond donors (Lipinski definition) is 1. The van der Waals surface area contributed by atoms with Crippen molar-refractivity contribution in [2.24, 2.45) is 12.1 Å². The molecule has 1 fully saturated rings. The molecule has 2 aliphatic rings. The highest BCUT2D eigenvalue weighted by Gasteiger charge is 2.39. The number of hydrogen-bond acceptors (Lipinski definition) is 6. The minimum Gasteiger partial charge on any atom is -0.483 e. The average molecular weight is 470 g/mol. The first-order chi connectivity index (χ1) is 16.3. The van der Waals surface area contributed by atoms with Crippen molar-refractivity contribution in [3.05, 3.63) is 65.2 Å². The summed E-state index contributed by atoms with van der Waals surface area (Å²) >= 11 is 0. The Labute approximate surface area is 193 Å². The normalized spacial score (nSPS) is 17.9. The van der Waals surface area contributed by atoms with E-state index in [2.05, 4.69) is 20.6 Å². The van der Waals surface area contributed by atoms with Crippen LogP contribution in [0.3, 0.4) is 0 Å². The molecule has 0 aliphatic carbocycles. The highest BCUT2D eigenvalue weighted by Crippen LogP contribution is 2.29. The van der Waals surface area contributed by atoms with Crippen molar-refractivity contribution < 1.29 is 22.7 Å². The number of nitrogens with one attached hydrogen (secondary N) is 1. The van der Waals surface area contributed by atoms with Gasteiger partial charge in [-0.2, -0.15) is 10.2 Å². The molecule has 1 unspecified atom stereocenters. The number of carbonyl (C=O) groups is 1. The molecular formula is C23H21F3N6O2. The second-order valence-corrected chi connectivity index (χ2v) is 8.36. The molecule has 0 spiro atoms. The smallest absolute Gasteiger partial charge is 0.271 e. The fraction of sp³-hybridized carbons (Fsp3) is 0.304. The molecule has 8 nitrogen and oxygen atoms in total. The zero-order chi connectivity index (χ0) is 24.0. The van der Waals surface area contributed by atoms with E-state index < -0.39 is 29.5 Å². The Morgan fingerprint density at radius 2 is 1.85 bits per heavy atom. The maximum Gasteiger partial charge on any atom is 0.271 e. The van der Waals surface area contributed by atoms with Crippen molar-refractivity contribution in [3.63, 3.8) is 0 Å². The van der Waals surface area contributed by atoms with Crippen molar-refractivity contribution in [1.82, 2.24) is 25.1 Å². The number of halogens is 3. The van der Waals surface area contributed by atoms with Crippen molar-refractivity contribution >= 4 is 11.6 Å². The minimum atomic E-state index is -0.717. The molecule has 1 aromatic carbocycles. The van der Waals surface area contributed by atoms with E-state index in [-0.39, 0.29) is 37.0 Å². The molecule has 0 saturated carbocycles. The molecule has 0 radical (unpaired) electrons. The fourth-order valence-electron chi connectivity index (χ4n) is 4.22. The first-order valence-electron chi connectivity index (χ1n) is 10.7. The first kappa shape index (κ1) is 21.9. The third-order valence-electron chi connectivity index (χ3n) is 5.94. The van der Waals surface area contributed by atoms with E-state index in [1.54, 1.807) is 17.9 Å². The van der Waals surface area contributed by atoms with Crippen LogP contribution in [-0.4, -0.2) is 57.0 Å². The van der Waals surface area contributed by atoms with Gasteiger partial charge >= 0.3 is 0 Å². The lowest BCUT2D eigenvalue weighted by atomic mass is 9.93. The van der Waals surface area contributed by atoms with E-state index in [9.17, 15) is 18.0 Å². The number of hydrazone groups is 1. The number of likely N-dealkylation sites (tertiary alicyclic amines) is 1. The maximum absolute atomic E-state index is 14.4. The van der Waals surface area contributed by atoms with Crippen LogP contribution in [0.25, 0.3) is 11.4 Å². The van der Waals surface area contributed by atoms with E-state index >= 15 is 0 Å². The minimum absolute atomic E-state index is 0.0377. The lowest BCUT2D eigenvalue weighted by Gasteiger charge is -2.39. The van der Waals surface area contributed by atoms with Gasteiger partial charge in [-0.15, -0.1) is 0 Å². The number of rotatable bonds is 5. The number of ether oxygens (including phenoxy) is 1. The van der Waals surface area contributed by atoms with Gasteiger partial charge in [-0.1, -0.05) is 0 Å². The largest absolute Gasteiger partial charge is 0.483 e. The molecule has 34 heavy (non-hydrogen) atoms. The van der Waals surface area contributed by atoms with Crippen LogP contribution in [0.4, 0.5) is 13.2 Å². The molecule has 3 aromatic rings. The van der Waals surface area contributed by atoms with Crippen molar-refractivity contribution in [2.45, 2.75) is 18.9 Å². The molecule has 1 amide bonds. The number of benzene rings is 1. The number of carbonyl (C=O) groups excluding carboxylic acids is 1. The topological polar surface area (TPSA) is 84.6 Å². The van der Waals surface area contributed by atoms with E-state index in [4.69, 9.17) is 4.74 Å². The van der Waals surface area contributed by atoms with Crippen molar-refractivity contribution in [1.29, 1.82) is 0 Å². The number of aromatic nitrogens is 3. The molecule has 1 N–H and O–H groups in total. The van der Waals surface area contributed by atoms with Gasteiger partial charge < -0.3 is 15.1 Å². The predicted molar refractivity (Wildman–Crippen MR) is 117 cm³/mol. The van der Waals surface area contributed by atoms with Crippen LogP contribution >= 0.6 is 0 Å². The van der Waals surface area contributed by atoms with E-state index in [1.807, 2.05) is 6.92 Å². The molecule has 4 heterocycles. The standard InChI is InChI=1S/C23H21F3N6O2/c1-12-7-29-31(2)22(12)19-6-20(18(26)9-27-19)34-16-10-32(11-16)23(33)21-17(8-28-30-21)13-3-14(24)5-15(25)4-13/h3-7,9,16-17,28H,8,10-11H2,1-2H3. The van der Waals surface area contributed by atoms with Gasteiger partial charge in [-0.05, 0) is 30.2 Å². The van der Waals surface area contributed by atoms with Gasteiger partial charge in [0.05, 0.1) is 42.8 Å². The summed E-state index contributed by atoms with van der Waals surface area (Å²) in [5.74, 6) is -2.93. The third kappa shape index (κ3) is 3.97. The van der Waals surface area contributed by atoms with Crippen molar-refractivity contribution in [3.8, 4) is 17.1 Å². The van der Waals surface area contributed by atoms with Gasteiger partial charge in [0, 0.05) is 25.7 Å². The van der Waals surface area contributed by atoms with Crippen LogP contribution in [0.2, 0.25) is 0 Å². The Hall–Kier alpha value is -3.89. The second-order valence-electron chi connectivity index (χ2n) is 8.36. The monoisotopic (exact) mass is 470 g/mol. The number of nitrogens with zero attached hydrogens (tertiary/aromatic N) is 5. The summed E-state index contributed by atoms with van der Waals surface area (Å²) in [5.41, 5.74) is 5.41. The van der Waals surface area contributed by atoms with Gasteiger partial charge in [0.15, 0.2) is 11.6 Å². The Morgan fingerprint density at radius 1 is 1.12 bits per heavy atom. The van der Waals surface area contributed by atoms with E-state index in [0.29, 0.717) is 11.3 Å². The summed E-state index contributed by atoms with van der Waals surface area (Å²) in [5, 5.41) is 8.23. The van der Waals surface area contributed by atoms with E-state index in [1.165, 1.54) is 23.1 Å². The summed E-state index contributed by atoms with van der Waals surface area (Å²) in [7, 11) is 1.77. The lowest BCUT2D eigenvalue weighted by Crippen LogP contribution is -2.58. The fourth-order valence-corrected chi connectivity index (χ4v) is 4.22. The lowest BCUT2D eigenvalue weighted by molar-refractivity contribution is -0.132. The van der Waals surface area contributed by atoms with Crippen LogP contribution in [0.5, 0.6) is 5.75 Å². The molecule has 11 heteroatoms.